The van der Waals surface area contributed by atoms with Gasteiger partial charge in [0.2, 0.25) is 0 Å². The lowest BCUT2D eigenvalue weighted by Gasteiger charge is -2.41. The van der Waals surface area contributed by atoms with Gasteiger partial charge in [-0.2, -0.15) is 16.9 Å². The van der Waals surface area contributed by atoms with Gasteiger partial charge >= 0.3 is 0 Å². The molecule has 1 unspecified atom stereocenters. The Morgan fingerprint density at radius 3 is 3.04 bits per heavy atom. The zero-order chi connectivity index (χ0) is 15.6. The minimum Gasteiger partial charge on any atom is -0.381 e. The Balaban J connectivity index is 1.31. The summed E-state index contributed by atoms with van der Waals surface area (Å²) in [6.07, 6.45) is 3.50. The van der Waals surface area contributed by atoms with Gasteiger partial charge in [0.25, 0.3) is 5.56 Å². The van der Waals surface area contributed by atoms with Crippen molar-refractivity contribution in [3.05, 3.63) is 27.7 Å². The highest BCUT2D eigenvalue weighted by molar-refractivity contribution is 7.98. The average molecular weight is 335 g/mol. The van der Waals surface area contributed by atoms with E-state index >= 15 is 0 Å². The van der Waals surface area contributed by atoms with Crippen LogP contribution >= 0.6 is 11.8 Å². The Morgan fingerprint density at radius 1 is 1.30 bits per heavy atom. The second-order valence-corrected chi connectivity index (χ2v) is 8.21. The Labute approximate surface area is 141 Å². The molecule has 0 saturated carbocycles. The Kier molecular flexibility index (Phi) is 4.73. The molecule has 3 aliphatic heterocycles. The normalized spacial score (nSPS) is 25.8. The molecule has 1 atom stereocenters. The molecule has 3 aliphatic rings. The number of thioether (sulfide) groups is 1. The van der Waals surface area contributed by atoms with Gasteiger partial charge in [-0.05, 0) is 30.1 Å². The molecule has 6 heteroatoms. The summed E-state index contributed by atoms with van der Waals surface area (Å²) in [5, 5.41) is 4.63. The van der Waals surface area contributed by atoms with Crippen molar-refractivity contribution >= 4 is 11.8 Å². The number of rotatable bonds is 4. The van der Waals surface area contributed by atoms with E-state index in [1.165, 1.54) is 12.8 Å². The van der Waals surface area contributed by atoms with Gasteiger partial charge in [0.1, 0.15) is 0 Å². The summed E-state index contributed by atoms with van der Waals surface area (Å²) in [7, 11) is 0. The summed E-state index contributed by atoms with van der Waals surface area (Å²) < 4.78 is 7.27. The number of aromatic nitrogens is 2. The third-order valence-corrected chi connectivity index (χ3v) is 6.15. The molecule has 2 saturated heterocycles. The van der Waals surface area contributed by atoms with Crippen LogP contribution in [-0.4, -0.2) is 53.3 Å². The number of hydrogen-bond acceptors (Lipinski definition) is 5. The van der Waals surface area contributed by atoms with Gasteiger partial charge in [0.05, 0.1) is 18.8 Å². The number of ether oxygens (including phenoxy) is 1. The van der Waals surface area contributed by atoms with E-state index in [1.54, 1.807) is 4.68 Å². The van der Waals surface area contributed by atoms with Crippen LogP contribution in [-0.2, 0) is 23.5 Å². The molecule has 4 heterocycles. The van der Waals surface area contributed by atoms with Crippen LogP contribution in [0.1, 0.15) is 24.1 Å². The van der Waals surface area contributed by atoms with E-state index in [2.05, 4.69) is 10.00 Å². The summed E-state index contributed by atoms with van der Waals surface area (Å²) >= 11 is 1.89. The summed E-state index contributed by atoms with van der Waals surface area (Å²) in [6, 6.07) is 1.81. The van der Waals surface area contributed by atoms with Crippen molar-refractivity contribution in [3.8, 4) is 0 Å². The van der Waals surface area contributed by atoms with E-state index in [0.717, 1.165) is 68.6 Å². The minimum atomic E-state index is 0.0744. The van der Waals surface area contributed by atoms with E-state index in [1.807, 2.05) is 17.8 Å². The molecule has 0 radical (unpaired) electrons. The fourth-order valence-electron chi connectivity index (χ4n) is 3.89. The van der Waals surface area contributed by atoms with Crippen molar-refractivity contribution in [1.29, 1.82) is 0 Å². The lowest BCUT2D eigenvalue weighted by Crippen LogP contribution is -2.51. The Hall–Kier alpha value is -0.850. The molecular formula is C17H25N3O2S. The highest BCUT2D eigenvalue weighted by atomic mass is 32.2. The molecule has 1 aromatic heterocycles. The van der Waals surface area contributed by atoms with Crippen molar-refractivity contribution < 1.29 is 4.74 Å². The maximum Gasteiger partial charge on any atom is 0.267 e. The van der Waals surface area contributed by atoms with Crippen molar-refractivity contribution in [3.63, 3.8) is 0 Å². The lowest BCUT2D eigenvalue weighted by atomic mass is 9.95. The molecule has 5 nitrogen and oxygen atoms in total. The maximum atomic E-state index is 12.2. The number of aryl methyl sites for hydroxylation is 1. The van der Waals surface area contributed by atoms with Crippen LogP contribution < -0.4 is 5.56 Å². The number of likely N-dealkylation sites (tertiary alicyclic amines) is 1. The zero-order valence-electron chi connectivity index (χ0n) is 13.6. The number of nitrogens with zero attached hydrogens (tertiary/aromatic N) is 3. The lowest BCUT2D eigenvalue weighted by molar-refractivity contribution is 0.00789. The molecule has 23 heavy (non-hydrogen) atoms. The first kappa shape index (κ1) is 15.7. The van der Waals surface area contributed by atoms with Gasteiger partial charge < -0.3 is 9.64 Å². The van der Waals surface area contributed by atoms with Crippen LogP contribution in [0.5, 0.6) is 0 Å². The molecule has 0 N–H and O–H groups in total. The van der Waals surface area contributed by atoms with Gasteiger partial charge in [-0.15, -0.1) is 0 Å². The predicted octanol–water partition coefficient (Wildman–Crippen LogP) is 1.39. The van der Waals surface area contributed by atoms with E-state index in [0.29, 0.717) is 11.8 Å². The highest BCUT2D eigenvalue weighted by Crippen LogP contribution is 2.23. The average Bonchev–Trinajstić information content (AvgIpc) is 2.54. The first-order valence-corrected chi connectivity index (χ1v) is 9.91. The van der Waals surface area contributed by atoms with Gasteiger partial charge in [0.15, 0.2) is 0 Å². The largest absolute Gasteiger partial charge is 0.381 e. The van der Waals surface area contributed by atoms with E-state index < -0.39 is 0 Å². The van der Waals surface area contributed by atoms with E-state index in [9.17, 15) is 4.79 Å². The molecule has 0 spiro atoms. The van der Waals surface area contributed by atoms with Gasteiger partial charge in [0, 0.05) is 50.4 Å². The first-order valence-electron chi connectivity index (χ1n) is 8.75. The van der Waals surface area contributed by atoms with Gasteiger partial charge in [-0.3, -0.25) is 4.79 Å². The fraction of sp³-hybridized carbons (Fsp3) is 0.765. The van der Waals surface area contributed by atoms with Crippen LogP contribution in [0.3, 0.4) is 0 Å². The van der Waals surface area contributed by atoms with Crippen molar-refractivity contribution in [1.82, 2.24) is 14.7 Å². The monoisotopic (exact) mass is 335 g/mol. The molecule has 4 rings (SSSR count). The van der Waals surface area contributed by atoms with Gasteiger partial charge in [-0.25, -0.2) is 4.68 Å². The van der Waals surface area contributed by atoms with Crippen LogP contribution in [0.25, 0.3) is 0 Å². The minimum absolute atomic E-state index is 0.0744. The van der Waals surface area contributed by atoms with E-state index in [-0.39, 0.29) is 5.56 Å². The number of hydrogen-bond donors (Lipinski definition) is 0. The topological polar surface area (TPSA) is 47.4 Å². The fourth-order valence-corrected chi connectivity index (χ4v) is 4.84. The first-order chi connectivity index (χ1) is 11.3. The third-order valence-electron chi connectivity index (χ3n) is 5.14. The molecule has 0 aromatic carbocycles. The van der Waals surface area contributed by atoms with Crippen LogP contribution in [0, 0.1) is 11.8 Å². The van der Waals surface area contributed by atoms with Crippen LogP contribution in [0.15, 0.2) is 10.9 Å². The van der Waals surface area contributed by atoms with Crippen molar-refractivity contribution in [2.75, 3.05) is 38.6 Å². The Bertz CT molecular complexity index is 606. The van der Waals surface area contributed by atoms with Crippen molar-refractivity contribution in [2.45, 2.75) is 31.6 Å². The molecule has 2 fully saturated rings. The summed E-state index contributed by atoms with van der Waals surface area (Å²) in [5.41, 5.74) is 2.36. The molecule has 0 bridgehead atoms. The summed E-state index contributed by atoms with van der Waals surface area (Å²) in [4.78, 5) is 14.7. The quantitative estimate of drug-likeness (QED) is 0.832. The maximum absolute atomic E-state index is 12.2. The van der Waals surface area contributed by atoms with E-state index in [4.69, 9.17) is 4.74 Å². The third kappa shape index (κ3) is 3.64. The summed E-state index contributed by atoms with van der Waals surface area (Å²) in [6.45, 7) is 5.97. The standard InChI is InChI=1S/C17H25N3O2S/c21-17-6-15-12-23-5-3-16(15)18-20(17)10-14-8-19(9-14)7-13-2-1-4-22-11-13/h6,13-14H,1-5,7-12H2. The summed E-state index contributed by atoms with van der Waals surface area (Å²) in [5.74, 6) is 3.34. The highest BCUT2D eigenvalue weighted by Gasteiger charge is 2.30. The van der Waals surface area contributed by atoms with Gasteiger partial charge in [-0.1, -0.05) is 0 Å². The van der Waals surface area contributed by atoms with Crippen LogP contribution in [0.4, 0.5) is 0 Å². The predicted molar refractivity (Wildman–Crippen MR) is 91.8 cm³/mol. The molecular weight excluding hydrogens is 310 g/mol. The van der Waals surface area contributed by atoms with Crippen LogP contribution in [0.2, 0.25) is 0 Å². The molecule has 0 amide bonds. The smallest absolute Gasteiger partial charge is 0.267 e. The van der Waals surface area contributed by atoms with Crippen molar-refractivity contribution in [2.24, 2.45) is 11.8 Å². The second kappa shape index (κ2) is 6.95. The zero-order valence-corrected chi connectivity index (χ0v) is 14.4. The second-order valence-electron chi connectivity index (χ2n) is 7.11. The number of fused-ring (bicyclic) bond motifs is 1. The molecule has 0 aliphatic carbocycles. The molecule has 1 aromatic rings. The Morgan fingerprint density at radius 2 is 2.22 bits per heavy atom. The molecule has 126 valence electrons. The SMILES string of the molecule is O=c1cc2c(nn1CC1CN(CC3CCCOC3)C1)CCSC2.